The summed E-state index contributed by atoms with van der Waals surface area (Å²) in [6, 6.07) is 22.4. The minimum absolute atomic E-state index is 0.222. The molecule has 144 valence electrons. The van der Waals surface area contributed by atoms with Gasteiger partial charge in [-0.15, -0.1) is 12.6 Å². The van der Waals surface area contributed by atoms with Crippen molar-refractivity contribution >= 4 is 12.6 Å². The topological polar surface area (TPSA) is 59.9 Å². The Hall–Kier alpha value is -3.14. The first-order valence-corrected chi connectivity index (χ1v) is 9.60. The summed E-state index contributed by atoms with van der Waals surface area (Å²) in [5.74, 6) is -1.20. The molecule has 1 aromatic heterocycles. The average Bonchev–Trinajstić information content (AvgIpc) is 2.75. The molecule has 0 saturated carbocycles. The van der Waals surface area contributed by atoms with Gasteiger partial charge in [0.2, 0.25) is 11.8 Å². The molecule has 4 rings (SSSR count). The predicted molar refractivity (Wildman–Crippen MR) is 110 cm³/mol. The number of nitrogens with one attached hydrogen (secondary N) is 1. The molecule has 0 radical (unpaired) electrons. The van der Waals surface area contributed by atoms with Crippen LogP contribution in [0, 0.1) is 17.1 Å². The van der Waals surface area contributed by atoms with Gasteiger partial charge in [0.05, 0.1) is 22.6 Å². The summed E-state index contributed by atoms with van der Waals surface area (Å²) >= 11 is 4.45. The summed E-state index contributed by atoms with van der Waals surface area (Å²) < 4.78 is 16.7. The monoisotopic (exact) mass is 404 g/mol. The highest BCUT2D eigenvalue weighted by atomic mass is 32.1. The van der Waals surface area contributed by atoms with Crippen LogP contribution in [-0.2, 0) is 5.72 Å². The van der Waals surface area contributed by atoms with Crippen molar-refractivity contribution in [1.82, 2.24) is 5.32 Å². The lowest BCUT2D eigenvalue weighted by atomic mass is 9.75. The Bertz CT molecular complexity index is 1100. The second-order valence-electron chi connectivity index (χ2n) is 6.90. The molecule has 0 amide bonds. The van der Waals surface area contributed by atoms with E-state index in [1.54, 1.807) is 47.3 Å². The number of aliphatic hydroxyl groups is 1. The van der Waals surface area contributed by atoms with Gasteiger partial charge in [-0.25, -0.2) is 4.39 Å². The number of halogens is 1. The van der Waals surface area contributed by atoms with E-state index in [1.165, 1.54) is 6.07 Å². The number of hydrogen-bond donors (Lipinski definition) is 3. The van der Waals surface area contributed by atoms with Gasteiger partial charge in [0.15, 0.2) is 12.4 Å². The van der Waals surface area contributed by atoms with Crippen LogP contribution in [0.5, 0.6) is 0 Å². The number of rotatable bonds is 3. The Kier molecular flexibility index (Phi) is 5.10. The number of hydrogen-bond acceptors (Lipinski definition) is 4. The maximum Gasteiger partial charge on any atom is 0.227 e. The number of allylic oxidation sites excluding steroid dienone is 1. The molecule has 6 heteroatoms. The Balaban J connectivity index is 2.03. The van der Waals surface area contributed by atoms with Crippen molar-refractivity contribution in [3.05, 3.63) is 113 Å². The molecule has 1 aliphatic rings. The maximum atomic E-state index is 14.9. The molecule has 2 aromatic carbocycles. The molecule has 0 spiro atoms. The van der Waals surface area contributed by atoms with Gasteiger partial charge in [-0.3, -0.25) is 0 Å². The van der Waals surface area contributed by atoms with Crippen molar-refractivity contribution in [3.63, 3.8) is 0 Å². The third kappa shape index (κ3) is 3.29. The van der Waals surface area contributed by atoms with Gasteiger partial charge in [-0.2, -0.15) is 9.83 Å². The Labute approximate surface area is 174 Å². The van der Waals surface area contributed by atoms with Gasteiger partial charge < -0.3 is 10.4 Å². The summed E-state index contributed by atoms with van der Waals surface area (Å²) in [6.07, 6.45) is 3.60. The molecular formula is C23H19FN3OS+. The molecule has 0 unspecified atom stereocenters. The fraction of sp³-hybridized carbons (Fsp3) is 0.130. The maximum absolute atomic E-state index is 14.9. The summed E-state index contributed by atoms with van der Waals surface area (Å²) in [6.45, 7) is 0. The Morgan fingerprint density at radius 3 is 2.28 bits per heavy atom. The number of benzene rings is 2. The third-order valence-electron chi connectivity index (χ3n) is 5.25. The fourth-order valence-electron chi connectivity index (χ4n) is 3.96. The molecule has 3 atom stereocenters. The van der Waals surface area contributed by atoms with Gasteiger partial charge in [0, 0.05) is 23.3 Å². The van der Waals surface area contributed by atoms with Crippen molar-refractivity contribution in [2.45, 2.75) is 17.7 Å². The van der Waals surface area contributed by atoms with Gasteiger partial charge in [0.1, 0.15) is 5.82 Å². The van der Waals surface area contributed by atoms with Crippen molar-refractivity contribution in [2.24, 2.45) is 0 Å². The quantitative estimate of drug-likeness (QED) is 0.462. The molecule has 2 N–H and O–H groups in total. The number of nitrogens with zero attached hydrogens (tertiary/aromatic N) is 2. The van der Waals surface area contributed by atoms with E-state index in [-0.39, 0.29) is 10.6 Å². The highest BCUT2D eigenvalue weighted by Crippen LogP contribution is 2.47. The fourth-order valence-corrected chi connectivity index (χ4v) is 4.32. The van der Waals surface area contributed by atoms with Gasteiger partial charge in [-0.05, 0) is 6.07 Å². The minimum atomic E-state index is -1.63. The molecule has 29 heavy (non-hydrogen) atoms. The van der Waals surface area contributed by atoms with Gasteiger partial charge >= 0.3 is 0 Å². The van der Waals surface area contributed by atoms with Crippen molar-refractivity contribution < 1.29 is 14.1 Å². The first-order chi connectivity index (χ1) is 14.1. The van der Waals surface area contributed by atoms with Crippen LogP contribution < -0.4 is 9.88 Å². The zero-order valence-corrected chi connectivity index (χ0v) is 16.3. The summed E-state index contributed by atoms with van der Waals surface area (Å²) in [4.78, 5) is 0. The number of thiol groups is 1. The standard InChI is InChI=1S/C23H18FN3OS/c24-19-12-6-5-11-17(19)20-18(15-25)22(29)26-23(28,16-9-3-1-4-10-16)21(20)27-13-7-2-8-14-27/h1-14,20-21,26,28H/p+1/t20-,21+,23+/m0/s1. The van der Waals surface area contributed by atoms with Gasteiger partial charge in [0.25, 0.3) is 0 Å². The minimum Gasteiger partial charge on any atom is -0.362 e. The van der Waals surface area contributed by atoms with Crippen LogP contribution in [0.1, 0.15) is 23.1 Å². The van der Waals surface area contributed by atoms with E-state index < -0.39 is 23.5 Å². The zero-order chi connectivity index (χ0) is 20.4. The van der Waals surface area contributed by atoms with E-state index in [2.05, 4.69) is 24.0 Å². The summed E-state index contributed by atoms with van der Waals surface area (Å²) in [7, 11) is 0. The summed E-state index contributed by atoms with van der Waals surface area (Å²) in [5, 5.41) is 25.0. The second kappa shape index (κ2) is 7.70. The van der Waals surface area contributed by atoms with Crippen LogP contribution in [-0.4, -0.2) is 5.11 Å². The molecular weight excluding hydrogens is 385 g/mol. The zero-order valence-electron chi connectivity index (χ0n) is 15.4. The smallest absolute Gasteiger partial charge is 0.227 e. The largest absolute Gasteiger partial charge is 0.362 e. The van der Waals surface area contributed by atoms with E-state index in [1.807, 2.05) is 36.4 Å². The molecule has 0 saturated heterocycles. The molecule has 1 aliphatic heterocycles. The molecule has 4 nitrogen and oxygen atoms in total. The van der Waals surface area contributed by atoms with Crippen LogP contribution in [0.15, 0.2) is 95.8 Å². The molecule has 0 fully saturated rings. The highest BCUT2D eigenvalue weighted by molar-refractivity contribution is 7.84. The van der Waals surface area contributed by atoms with Crippen LogP contribution in [0.2, 0.25) is 0 Å². The molecule has 0 aliphatic carbocycles. The van der Waals surface area contributed by atoms with Gasteiger partial charge in [-0.1, -0.05) is 54.6 Å². The van der Waals surface area contributed by atoms with E-state index >= 15 is 0 Å². The van der Waals surface area contributed by atoms with Crippen LogP contribution in [0.4, 0.5) is 4.39 Å². The highest BCUT2D eigenvalue weighted by Gasteiger charge is 2.55. The van der Waals surface area contributed by atoms with Crippen molar-refractivity contribution in [1.29, 1.82) is 5.26 Å². The molecule has 3 aromatic rings. The van der Waals surface area contributed by atoms with E-state index in [4.69, 9.17) is 0 Å². The lowest BCUT2D eigenvalue weighted by Crippen LogP contribution is -2.62. The van der Waals surface area contributed by atoms with E-state index in [0.29, 0.717) is 11.1 Å². The first kappa shape index (κ1) is 19.2. The van der Waals surface area contributed by atoms with Crippen LogP contribution in [0.3, 0.4) is 0 Å². The van der Waals surface area contributed by atoms with Crippen molar-refractivity contribution in [3.8, 4) is 6.07 Å². The number of aromatic nitrogens is 1. The van der Waals surface area contributed by atoms with Crippen LogP contribution >= 0.6 is 12.6 Å². The predicted octanol–water partition coefficient (Wildman–Crippen LogP) is 3.55. The lowest BCUT2D eigenvalue weighted by molar-refractivity contribution is -0.743. The Morgan fingerprint density at radius 2 is 1.62 bits per heavy atom. The normalized spacial score (nSPS) is 23.9. The van der Waals surface area contributed by atoms with E-state index in [0.717, 1.165) is 0 Å². The van der Waals surface area contributed by atoms with Crippen molar-refractivity contribution in [2.75, 3.05) is 0 Å². The molecule has 2 heterocycles. The first-order valence-electron chi connectivity index (χ1n) is 9.16. The van der Waals surface area contributed by atoms with E-state index in [9.17, 15) is 14.8 Å². The number of nitriles is 1. The van der Waals surface area contributed by atoms with Crippen LogP contribution in [0.25, 0.3) is 0 Å². The SMILES string of the molecule is N#CC1=C(S)N[C@@](O)(c2ccccc2)[C@H]([n+]2ccccc2)[C@H]1c1ccccc1F. The Morgan fingerprint density at radius 1 is 1.00 bits per heavy atom. The second-order valence-corrected chi connectivity index (χ2v) is 7.35. The number of pyridine rings is 1. The summed E-state index contributed by atoms with van der Waals surface area (Å²) in [5.41, 5.74) is -0.447. The third-order valence-corrected chi connectivity index (χ3v) is 5.61. The molecule has 0 bridgehead atoms. The average molecular weight is 404 g/mol. The lowest BCUT2D eigenvalue weighted by Gasteiger charge is -2.42.